The van der Waals surface area contributed by atoms with Crippen molar-refractivity contribution in [3.8, 4) is 0 Å². The van der Waals surface area contributed by atoms with Crippen molar-refractivity contribution in [2.24, 2.45) is 0 Å². The summed E-state index contributed by atoms with van der Waals surface area (Å²) in [6.45, 7) is 3.83. The van der Waals surface area contributed by atoms with Crippen LogP contribution < -0.4 is 0 Å². The predicted octanol–water partition coefficient (Wildman–Crippen LogP) is 1.41. The third-order valence-corrected chi connectivity index (χ3v) is 2.51. The Balaban J connectivity index is 2.71. The first-order valence-corrected chi connectivity index (χ1v) is 4.47. The molecule has 0 bridgehead atoms. The number of hydrogen-bond acceptors (Lipinski definition) is 4. The second-order valence-corrected chi connectivity index (χ2v) is 3.35. The van der Waals surface area contributed by atoms with Crippen LogP contribution in [0.5, 0.6) is 0 Å². The maximum atomic E-state index is 9.32. The smallest absolute Gasteiger partial charge is 0.129 e. The lowest BCUT2D eigenvalue weighted by Gasteiger charge is -2.13. The number of hydrogen-bond donors (Lipinski definition) is 1. The first-order chi connectivity index (χ1) is 5.25. The predicted molar refractivity (Wildman–Crippen MR) is 44.6 cm³/mol. The highest BCUT2D eigenvalue weighted by molar-refractivity contribution is 7.05. The molecule has 1 rings (SSSR count). The molecule has 62 valence electrons. The van der Waals surface area contributed by atoms with Gasteiger partial charge in [0.15, 0.2) is 0 Å². The fraction of sp³-hybridized carbons (Fsp3) is 0.714. The van der Waals surface area contributed by atoms with Gasteiger partial charge in [-0.2, -0.15) is 4.37 Å². The minimum Gasteiger partial charge on any atom is -0.393 e. The Hall–Kier alpha value is -0.480. The van der Waals surface area contributed by atoms with Gasteiger partial charge in [-0.15, -0.1) is 0 Å². The molecule has 1 aromatic heterocycles. The maximum Gasteiger partial charge on any atom is 0.129 e. The molecular formula is C7H12N2OS. The van der Waals surface area contributed by atoms with Crippen LogP contribution in [0, 0.1) is 0 Å². The van der Waals surface area contributed by atoms with Crippen molar-refractivity contribution in [2.45, 2.75) is 32.3 Å². The minimum atomic E-state index is -0.326. The highest BCUT2D eigenvalue weighted by atomic mass is 32.1. The number of rotatable bonds is 3. The molecule has 0 saturated heterocycles. The van der Waals surface area contributed by atoms with E-state index in [9.17, 15) is 5.11 Å². The first kappa shape index (κ1) is 8.62. The largest absolute Gasteiger partial charge is 0.393 e. The van der Waals surface area contributed by atoms with E-state index in [4.69, 9.17) is 0 Å². The van der Waals surface area contributed by atoms with Gasteiger partial charge in [0.1, 0.15) is 11.3 Å². The van der Waals surface area contributed by atoms with Crippen LogP contribution in [0.15, 0.2) is 6.33 Å². The van der Waals surface area contributed by atoms with Gasteiger partial charge in [-0.1, -0.05) is 6.92 Å². The van der Waals surface area contributed by atoms with Crippen LogP contribution in [0.4, 0.5) is 0 Å². The third kappa shape index (κ3) is 1.97. The molecule has 0 spiro atoms. The fourth-order valence-corrected chi connectivity index (χ4v) is 1.86. The van der Waals surface area contributed by atoms with Crippen LogP contribution in [0.25, 0.3) is 0 Å². The van der Waals surface area contributed by atoms with E-state index in [1.54, 1.807) is 6.92 Å². The number of aromatic nitrogens is 2. The Bertz CT molecular complexity index is 198. The summed E-state index contributed by atoms with van der Waals surface area (Å²) in [5.41, 5.74) is 0. The molecule has 0 fully saturated rings. The molecule has 1 heterocycles. The van der Waals surface area contributed by atoms with E-state index in [0.717, 1.165) is 11.4 Å². The maximum absolute atomic E-state index is 9.32. The van der Waals surface area contributed by atoms with E-state index in [-0.39, 0.29) is 12.0 Å². The highest BCUT2D eigenvalue weighted by Crippen LogP contribution is 2.23. The average molecular weight is 172 g/mol. The zero-order chi connectivity index (χ0) is 8.27. The molecule has 2 unspecified atom stereocenters. The van der Waals surface area contributed by atoms with Gasteiger partial charge in [-0.3, -0.25) is 0 Å². The van der Waals surface area contributed by atoms with E-state index in [1.807, 2.05) is 6.92 Å². The molecule has 11 heavy (non-hydrogen) atoms. The minimum absolute atomic E-state index is 0.155. The van der Waals surface area contributed by atoms with Crippen molar-refractivity contribution in [3.63, 3.8) is 0 Å². The monoisotopic (exact) mass is 172 g/mol. The molecule has 0 aromatic carbocycles. The van der Waals surface area contributed by atoms with Crippen molar-refractivity contribution in [3.05, 3.63) is 11.3 Å². The molecule has 1 N–H and O–H groups in total. The Morgan fingerprint density at radius 2 is 2.45 bits per heavy atom. The molecule has 0 aliphatic carbocycles. The molecule has 4 heteroatoms. The second-order valence-electron chi connectivity index (χ2n) is 2.53. The number of aliphatic hydroxyl groups excluding tert-OH is 1. The molecular weight excluding hydrogens is 160 g/mol. The summed E-state index contributed by atoms with van der Waals surface area (Å²) in [4.78, 5) is 4.06. The van der Waals surface area contributed by atoms with Gasteiger partial charge >= 0.3 is 0 Å². The van der Waals surface area contributed by atoms with E-state index in [0.29, 0.717) is 0 Å². The van der Waals surface area contributed by atoms with Crippen LogP contribution in [-0.2, 0) is 0 Å². The standard InChI is InChI=1S/C7H12N2OS/c1-3-6(5(2)10)7-8-4-9-11-7/h4-6,10H,3H2,1-2H3. The Labute approximate surface area is 70.3 Å². The van der Waals surface area contributed by atoms with Crippen LogP contribution in [0.1, 0.15) is 31.2 Å². The summed E-state index contributed by atoms with van der Waals surface area (Å²) in [6.07, 6.45) is 2.12. The molecule has 0 aliphatic rings. The Morgan fingerprint density at radius 1 is 1.73 bits per heavy atom. The lowest BCUT2D eigenvalue weighted by molar-refractivity contribution is 0.159. The quantitative estimate of drug-likeness (QED) is 0.750. The van der Waals surface area contributed by atoms with Crippen LogP contribution in [0.3, 0.4) is 0 Å². The van der Waals surface area contributed by atoms with Gasteiger partial charge in [-0.25, -0.2) is 4.98 Å². The summed E-state index contributed by atoms with van der Waals surface area (Å²) in [6, 6.07) is 0. The lowest BCUT2D eigenvalue weighted by Crippen LogP contribution is -2.13. The SMILES string of the molecule is CCC(c1ncns1)C(C)O. The summed E-state index contributed by atoms with van der Waals surface area (Å²) < 4.78 is 3.89. The van der Waals surface area contributed by atoms with Gasteiger partial charge < -0.3 is 5.11 Å². The topological polar surface area (TPSA) is 46.0 Å². The van der Waals surface area contributed by atoms with E-state index >= 15 is 0 Å². The lowest BCUT2D eigenvalue weighted by atomic mass is 10.0. The van der Waals surface area contributed by atoms with Crippen molar-refractivity contribution in [1.29, 1.82) is 0 Å². The van der Waals surface area contributed by atoms with E-state index in [1.165, 1.54) is 17.9 Å². The average Bonchev–Trinajstić information content (AvgIpc) is 2.40. The summed E-state index contributed by atoms with van der Waals surface area (Å²) >= 11 is 1.36. The van der Waals surface area contributed by atoms with Gasteiger partial charge in [0.2, 0.25) is 0 Å². The summed E-state index contributed by atoms with van der Waals surface area (Å²) in [5, 5.41) is 10.3. The Kier molecular flexibility index (Phi) is 2.96. The highest BCUT2D eigenvalue weighted by Gasteiger charge is 2.17. The zero-order valence-corrected chi connectivity index (χ0v) is 7.51. The van der Waals surface area contributed by atoms with Gasteiger partial charge in [-0.05, 0) is 24.9 Å². The second kappa shape index (κ2) is 3.78. The van der Waals surface area contributed by atoms with Gasteiger partial charge in [0, 0.05) is 5.92 Å². The molecule has 0 aliphatic heterocycles. The molecule has 1 aromatic rings. The van der Waals surface area contributed by atoms with Crippen LogP contribution in [0.2, 0.25) is 0 Å². The molecule has 0 amide bonds. The van der Waals surface area contributed by atoms with Crippen LogP contribution in [-0.4, -0.2) is 20.6 Å². The normalized spacial score (nSPS) is 16.3. The summed E-state index contributed by atoms with van der Waals surface area (Å²) in [7, 11) is 0. The molecule has 0 radical (unpaired) electrons. The zero-order valence-electron chi connectivity index (χ0n) is 6.69. The fourth-order valence-electron chi connectivity index (χ4n) is 1.07. The Morgan fingerprint density at radius 3 is 2.82 bits per heavy atom. The van der Waals surface area contributed by atoms with Crippen molar-refractivity contribution in [2.75, 3.05) is 0 Å². The third-order valence-electron chi connectivity index (χ3n) is 1.72. The summed E-state index contributed by atoms with van der Waals surface area (Å²) in [5.74, 6) is 0.155. The van der Waals surface area contributed by atoms with Gasteiger partial charge in [0.05, 0.1) is 6.10 Å². The molecule has 3 nitrogen and oxygen atoms in total. The van der Waals surface area contributed by atoms with E-state index in [2.05, 4.69) is 9.36 Å². The van der Waals surface area contributed by atoms with Gasteiger partial charge in [0.25, 0.3) is 0 Å². The number of nitrogens with zero attached hydrogens (tertiary/aromatic N) is 2. The van der Waals surface area contributed by atoms with E-state index < -0.39 is 0 Å². The molecule has 2 atom stereocenters. The van der Waals surface area contributed by atoms with Crippen molar-refractivity contribution >= 4 is 11.5 Å². The van der Waals surface area contributed by atoms with Crippen LogP contribution >= 0.6 is 11.5 Å². The molecule has 0 saturated carbocycles. The first-order valence-electron chi connectivity index (χ1n) is 3.70. The number of aliphatic hydroxyl groups is 1. The van der Waals surface area contributed by atoms with Crippen molar-refractivity contribution in [1.82, 2.24) is 9.36 Å². The van der Waals surface area contributed by atoms with Crippen molar-refractivity contribution < 1.29 is 5.11 Å².